The number of amides is 2. The summed E-state index contributed by atoms with van der Waals surface area (Å²) in [6, 6.07) is 0. The van der Waals surface area contributed by atoms with E-state index in [9.17, 15) is 19.5 Å². The summed E-state index contributed by atoms with van der Waals surface area (Å²) in [7, 11) is 0. The van der Waals surface area contributed by atoms with Gasteiger partial charge in [0.1, 0.15) is 5.00 Å². The van der Waals surface area contributed by atoms with Crippen LogP contribution < -0.4 is 11.1 Å². The minimum Gasteiger partial charge on any atom is -0.481 e. The first kappa shape index (κ1) is 22.8. The highest BCUT2D eigenvalue weighted by Gasteiger charge is 2.39. The number of rotatable bonds is 8. The lowest BCUT2D eigenvalue weighted by molar-refractivity contribution is -0.140. The molecule has 2 amide bonds. The fraction of sp³-hybridized carbons (Fsp3) is 0.696. The molecular weight excluding hydrogens is 400 g/mol. The molecule has 30 heavy (non-hydrogen) atoms. The van der Waals surface area contributed by atoms with E-state index in [0.29, 0.717) is 16.5 Å². The van der Waals surface area contributed by atoms with E-state index in [-0.39, 0.29) is 24.2 Å². The van der Waals surface area contributed by atoms with Gasteiger partial charge in [0.2, 0.25) is 5.91 Å². The molecule has 4 N–H and O–H groups in total. The number of carboxylic acids is 1. The van der Waals surface area contributed by atoms with E-state index in [1.165, 1.54) is 11.3 Å². The molecule has 1 aromatic rings. The highest BCUT2D eigenvalue weighted by atomic mass is 32.1. The molecule has 1 atom stereocenters. The standard InChI is InChI=1S/C23H34N2O4S/c1-4-22(2,3)14-7-8-15-16(11-14)30-21(19(15)20(24)29)25-17(26)12-23(13-18(27)28)9-5-6-10-23/h14H,4-13H2,1-3H3,(H2,24,29)(H,25,26)(H,27,28). The summed E-state index contributed by atoms with van der Waals surface area (Å²) < 4.78 is 0. The number of nitrogens with two attached hydrogens (primary N) is 1. The summed E-state index contributed by atoms with van der Waals surface area (Å²) in [6.45, 7) is 6.79. The third kappa shape index (κ3) is 4.71. The molecule has 7 heteroatoms. The summed E-state index contributed by atoms with van der Waals surface area (Å²) >= 11 is 1.47. The van der Waals surface area contributed by atoms with Gasteiger partial charge in [-0.2, -0.15) is 0 Å². The quantitative estimate of drug-likeness (QED) is 0.548. The van der Waals surface area contributed by atoms with Gasteiger partial charge < -0.3 is 16.2 Å². The fourth-order valence-electron chi connectivity index (χ4n) is 5.26. The molecule has 1 fully saturated rings. The lowest BCUT2D eigenvalue weighted by Crippen LogP contribution is -2.29. The van der Waals surface area contributed by atoms with Crippen molar-refractivity contribution in [3.8, 4) is 0 Å². The predicted molar refractivity (Wildman–Crippen MR) is 119 cm³/mol. The smallest absolute Gasteiger partial charge is 0.303 e. The summed E-state index contributed by atoms with van der Waals surface area (Å²) in [4.78, 5) is 37.6. The van der Waals surface area contributed by atoms with Crippen molar-refractivity contribution in [1.82, 2.24) is 0 Å². The van der Waals surface area contributed by atoms with Crippen LogP contribution in [-0.2, 0) is 22.4 Å². The van der Waals surface area contributed by atoms with Crippen LogP contribution in [0.1, 0.15) is 92.9 Å². The van der Waals surface area contributed by atoms with Crippen LogP contribution in [0.4, 0.5) is 5.00 Å². The van der Waals surface area contributed by atoms with E-state index in [1.807, 2.05) is 0 Å². The molecule has 3 rings (SSSR count). The molecule has 2 aliphatic carbocycles. The van der Waals surface area contributed by atoms with Crippen LogP contribution in [0.15, 0.2) is 0 Å². The highest BCUT2D eigenvalue weighted by Crippen LogP contribution is 2.47. The molecule has 0 saturated heterocycles. The maximum absolute atomic E-state index is 12.9. The Morgan fingerprint density at radius 1 is 1.23 bits per heavy atom. The number of hydrogen-bond acceptors (Lipinski definition) is 4. The summed E-state index contributed by atoms with van der Waals surface area (Å²) in [6.07, 6.45) is 7.41. The zero-order chi connectivity index (χ0) is 22.1. The molecule has 0 spiro atoms. The highest BCUT2D eigenvalue weighted by molar-refractivity contribution is 7.17. The van der Waals surface area contributed by atoms with Gasteiger partial charge in [-0.25, -0.2) is 0 Å². The second-order valence-electron chi connectivity index (χ2n) is 9.86. The third-order valence-electron chi connectivity index (χ3n) is 7.51. The fourth-order valence-corrected chi connectivity index (χ4v) is 6.61. The molecule has 0 aromatic carbocycles. The lowest BCUT2D eigenvalue weighted by atomic mass is 9.69. The minimum atomic E-state index is -0.862. The molecule has 1 unspecified atom stereocenters. The molecular formula is C23H34N2O4S. The Morgan fingerprint density at radius 2 is 1.90 bits per heavy atom. The van der Waals surface area contributed by atoms with Crippen molar-refractivity contribution in [3.05, 3.63) is 16.0 Å². The van der Waals surface area contributed by atoms with Crippen molar-refractivity contribution in [2.45, 2.75) is 85.0 Å². The number of carboxylic acid groups (broad SMARTS) is 1. The molecule has 0 bridgehead atoms. The molecule has 6 nitrogen and oxygen atoms in total. The van der Waals surface area contributed by atoms with E-state index in [0.717, 1.165) is 61.8 Å². The van der Waals surface area contributed by atoms with Crippen LogP contribution in [0.3, 0.4) is 0 Å². The largest absolute Gasteiger partial charge is 0.481 e. The van der Waals surface area contributed by atoms with Gasteiger partial charge in [-0.05, 0) is 54.4 Å². The van der Waals surface area contributed by atoms with E-state index in [4.69, 9.17) is 5.73 Å². The average molecular weight is 435 g/mol. The van der Waals surface area contributed by atoms with Crippen LogP contribution in [0, 0.1) is 16.7 Å². The van der Waals surface area contributed by atoms with Crippen LogP contribution in [0.5, 0.6) is 0 Å². The predicted octanol–water partition coefficient (Wildman–Crippen LogP) is 4.75. The Balaban J connectivity index is 1.80. The SMILES string of the molecule is CCC(C)(C)C1CCc2c(sc(NC(=O)CC3(CC(=O)O)CCCC3)c2C(N)=O)C1. The molecule has 2 aliphatic rings. The molecule has 1 heterocycles. The van der Waals surface area contributed by atoms with E-state index in [2.05, 4.69) is 26.1 Å². The van der Waals surface area contributed by atoms with Crippen molar-refractivity contribution in [1.29, 1.82) is 0 Å². The Bertz CT molecular complexity index is 837. The summed E-state index contributed by atoms with van der Waals surface area (Å²) in [5, 5.41) is 12.8. The maximum atomic E-state index is 12.9. The van der Waals surface area contributed by atoms with Crippen molar-refractivity contribution in [2.75, 3.05) is 5.32 Å². The number of carbonyl (C=O) groups is 3. The van der Waals surface area contributed by atoms with Gasteiger partial charge in [-0.1, -0.05) is 40.0 Å². The number of anilines is 1. The monoisotopic (exact) mass is 434 g/mol. The molecule has 166 valence electrons. The lowest BCUT2D eigenvalue weighted by Gasteiger charge is -2.36. The number of fused-ring (bicyclic) bond motifs is 1. The number of nitrogens with one attached hydrogen (secondary N) is 1. The van der Waals surface area contributed by atoms with Gasteiger partial charge in [0.15, 0.2) is 0 Å². The Kier molecular flexibility index (Phi) is 6.60. The average Bonchev–Trinajstić information content (AvgIpc) is 3.24. The van der Waals surface area contributed by atoms with Crippen molar-refractivity contribution in [3.63, 3.8) is 0 Å². The Hall–Kier alpha value is -1.89. The van der Waals surface area contributed by atoms with Crippen LogP contribution in [0.2, 0.25) is 0 Å². The van der Waals surface area contributed by atoms with Crippen LogP contribution >= 0.6 is 11.3 Å². The second kappa shape index (κ2) is 8.69. The normalized spacial score (nSPS) is 20.6. The van der Waals surface area contributed by atoms with Gasteiger partial charge in [-0.15, -0.1) is 11.3 Å². The van der Waals surface area contributed by atoms with Gasteiger partial charge in [0.25, 0.3) is 5.91 Å². The van der Waals surface area contributed by atoms with Gasteiger partial charge in [0.05, 0.1) is 12.0 Å². The first-order chi connectivity index (χ1) is 14.1. The van der Waals surface area contributed by atoms with Gasteiger partial charge >= 0.3 is 5.97 Å². The van der Waals surface area contributed by atoms with E-state index in [1.54, 1.807) is 0 Å². The number of thiophene rings is 1. The van der Waals surface area contributed by atoms with Crippen molar-refractivity contribution in [2.24, 2.45) is 22.5 Å². The summed E-state index contributed by atoms with van der Waals surface area (Å²) in [5.74, 6) is -1.05. The molecule has 0 aliphatic heterocycles. The molecule has 1 saturated carbocycles. The van der Waals surface area contributed by atoms with Gasteiger partial charge in [-0.3, -0.25) is 14.4 Å². The Morgan fingerprint density at radius 3 is 2.47 bits per heavy atom. The maximum Gasteiger partial charge on any atom is 0.303 e. The van der Waals surface area contributed by atoms with E-state index < -0.39 is 17.3 Å². The number of carbonyl (C=O) groups excluding carboxylic acids is 2. The third-order valence-corrected chi connectivity index (χ3v) is 8.68. The van der Waals surface area contributed by atoms with Gasteiger partial charge in [0, 0.05) is 11.3 Å². The molecule has 0 radical (unpaired) electrons. The van der Waals surface area contributed by atoms with E-state index >= 15 is 0 Å². The zero-order valence-corrected chi connectivity index (χ0v) is 19.1. The second-order valence-corrected chi connectivity index (χ2v) is 11.0. The number of hydrogen-bond donors (Lipinski definition) is 3. The Labute approximate surface area is 182 Å². The van der Waals surface area contributed by atoms with Crippen molar-refractivity contribution >= 4 is 34.1 Å². The number of primary amides is 1. The molecule has 1 aromatic heterocycles. The van der Waals surface area contributed by atoms with Crippen molar-refractivity contribution < 1.29 is 19.5 Å². The first-order valence-electron chi connectivity index (χ1n) is 11.0. The topological polar surface area (TPSA) is 109 Å². The summed E-state index contributed by atoms with van der Waals surface area (Å²) in [5.41, 5.74) is 6.90. The first-order valence-corrected chi connectivity index (χ1v) is 11.8. The van der Waals surface area contributed by atoms with Crippen LogP contribution in [-0.4, -0.2) is 22.9 Å². The van der Waals surface area contributed by atoms with Crippen LogP contribution in [0.25, 0.3) is 0 Å². The minimum absolute atomic E-state index is 0.0117. The zero-order valence-electron chi connectivity index (χ0n) is 18.3. The number of aliphatic carboxylic acids is 1.